The van der Waals surface area contributed by atoms with E-state index in [1.54, 1.807) is 0 Å². The van der Waals surface area contributed by atoms with E-state index < -0.39 is 0 Å². The monoisotopic (exact) mass is 459 g/mol. The first-order valence-electron chi connectivity index (χ1n) is 9.96. The molecule has 0 fully saturated rings. The maximum Gasteiger partial charge on any atom is -1.00 e. The second-order valence-electron chi connectivity index (χ2n) is 10.3. The molecule has 0 aliphatic heterocycles. The Bertz CT molecular complexity index is 684. The summed E-state index contributed by atoms with van der Waals surface area (Å²) in [7, 11) is 0. The second kappa shape index (κ2) is 9.57. The van der Waals surface area contributed by atoms with Gasteiger partial charge in [-0.25, -0.2) is 0 Å². The molecule has 2 aliphatic rings. The van der Waals surface area contributed by atoms with Crippen molar-refractivity contribution in [3.8, 4) is 0 Å². The maximum absolute atomic E-state index is 6.72. The molecule has 0 amide bonds. The molecule has 1 unspecified atom stereocenters. The molecule has 2 aliphatic carbocycles. The Morgan fingerprint density at radius 2 is 1.57 bits per heavy atom. The number of rotatable bonds is 4. The van der Waals surface area contributed by atoms with Gasteiger partial charge in [0.2, 0.25) is 0 Å². The van der Waals surface area contributed by atoms with E-state index in [0.29, 0.717) is 0 Å². The van der Waals surface area contributed by atoms with E-state index in [9.17, 15) is 0 Å². The van der Waals surface area contributed by atoms with Crippen molar-refractivity contribution in [1.82, 2.24) is 0 Å². The van der Waals surface area contributed by atoms with E-state index in [0.717, 1.165) is 19.4 Å². The molecule has 0 N–H and O–H groups in total. The van der Waals surface area contributed by atoms with Crippen LogP contribution in [0.2, 0.25) is 0 Å². The topological polar surface area (TPSA) is 9.23 Å². The number of hydrogen-bond acceptors (Lipinski definition) is 1. The van der Waals surface area contributed by atoms with Gasteiger partial charge in [-0.3, -0.25) is 0 Å². The zero-order valence-electron chi connectivity index (χ0n) is 19.1. The summed E-state index contributed by atoms with van der Waals surface area (Å²) < 4.78 is 8.19. The predicted molar refractivity (Wildman–Crippen MR) is 109 cm³/mol. The quantitative estimate of drug-likeness (QED) is 0.567. The summed E-state index contributed by atoms with van der Waals surface area (Å²) in [5.41, 5.74) is 4.13. The van der Waals surface area contributed by atoms with Crippen LogP contribution >= 0.6 is 0 Å². The van der Waals surface area contributed by atoms with E-state index in [4.69, 9.17) is 4.74 Å². The molecule has 2 rings (SSSR count). The van der Waals surface area contributed by atoms with Crippen molar-refractivity contribution < 1.29 is 50.0 Å². The van der Waals surface area contributed by atoms with Crippen molar-refractivity contribution in [3.63, 3.8) is 0 Å². The summed E-state index contributed by atoms with van der Waals surface area (Å²) in [5.74, 6) is 0. The molecular formula is C24H37Cl2OTi. The van der Waals surface area contributed by atoms with Crippen LogP contribution in [0.15, 0.2) is 44.9 Å². The maximum atomic E-state index is 6.72. The molecule has 4 heteroatoms. The zero-order valence-corrected chi connectivity index (χ0v) is 22.2. The Hall–Kier alpha value is 0.214. The first-order valence-corrected chi connectivity index (χ1v) is 10.7. The summed E-state index contributed by atoms with van der Waals surface area (Å²) in [6.07, 6.45) is 11.5. The summed E-state index contributed by atoms with van der Waals surface area (Å²) in [6.45, 7) is 21.5. The molecule has 0 radical (unpaired) electrons. The third-order valence-electron chi connectivity index (χ3n) is 6.02. The van der Waals surface area contributed by atoms with E-state index in [1.165, 1.54) is 20.6 Å². The van der Waals surface area contributed by atoms with Crippen molar-refractivity contribution in [2.45, 2.75) is 80.8 Å². The van der Waals surface area contributed by atoms with Crippen LogP contribution in [0.4, 0.5) is 0 Å². The van der Waals surface area contributed by atoms with Crippen LogP contribution in [-0.4, -0.2) is 12.2 Å². The molecule has 0 saturated heterocycles. The van der Waals surface area contributed by atoms with Gasteiger partial charge in [-0.05, 0) is 0 Å². The normalized spacial score (nSPS) is 23.1. The molecule has 0 heterocycles. The van der Waals surface area contributed by atoms with Crippen LogP contribution < -0.4 is 24.8 Å². The molecule has 0 aromatic heterocycles. The van der Waals surface area contributed by atoms with Gasteiger partial charge < -0.3 is 24.8 Å². The Morgan fingerprint density at radius 1 is 1.00 bits per heavy atom. The van der Waals surface area contributed by atoms with Crippen LogP contribution in [0, 0.1) is 16.2 Å². The predicted octanol–water partition coefficient (Wildman–Crippen LogP) is 0.905. The van der Waals surface area contributed by atoms with Gasteiger partial charge in [0, 0.05) is 0 Å². The minimum Gasteiger partial charge on any atom is -1.00 e. The third kappa shape index (κ3) is 5.09. The van der Waals surface area contributed by atoms with Crippen LogP contribution in [0.1, 0.15) is 75.2 Å². The molecular weight excluding hydrogens is 423 g/mol. The van der Waals surface area contributed by atoms with Gasteiger partial charge in [-0.15, -0.1) is 0 Å². The molecule has 157 valence electrons. The number of hydrogen-bond donors (Lipinski definition) is 0. The molecule has 0 aromatic rings. The van der Waals surface area contributed by atoms with Gasteiger partial charge in [-0.2, -0.15) is 0 Å². The number of halogens is 2. The fraction of sp³-hybridized carbons (Fsp3) is 0.667. The van der Waals surface area contributed by atoms with E-state index >= 15 is 0 Å². The minimum absolute atomic E-state index is 0. The Morgan fingerprint density at radius 3 is 1.96 bits per heavy atom. The average Bonchev–Trinajstić information content (AvgIpc) is 2.92. The molecule has 1 atom stereocenters. The smallest absolute Gasteiger partial charge is 1.00 e. The molecule has 0 spiro atoms. The Balaban J connectivity index is 0.00000364. The Kier molecular flexibility index (Phi) is 9.64. The summed E-state index contributed by atoms with van der Waals surface area (Å²) >= 11 is 2.27. The van der Waals surface area contributed by atoms with Crippen LogP contribution in [-0.2, 0) is 25.2 Å². The molecule has 1 nitrogen and oxygen atoms in total. The molecule has 0 bridgehead atoms. The van der Waals surface area contributed by atoms with Crippen molar-refractivity contribution in [2.24, 2.45) is 16.2 Å². The third-order valence-corrected chi connectivity index (χ3v) is 6.76. The first kappa shape index (κ1) is 28.2. The molecule has 0 aromatic carbocycles. The van der Waals surface area contributed by atoms with Crippen molar-refractivity contribution in [1.29, 1.82) is 0 Å². The van der Waals surface area contributed by atoms with E-state index in [1.807, 2.05) is 0 Å². The standard InChI is InChI=1S/C24H37O.2ClH.Ti/c1-10-25-24(23(8,9)18-13-11-12-14-18)16-15-19(21(2,3)4)17-20(24)22(5,6)7;;;/h11,13,15,17H,10,12,16H2,1-9H3;2*1H;/q;;;+2/p-2. The van der Waals surface area contributed by atoms with Crippen molar-refractivity contribution >= 4 is 0 Å². The van der Waals surface area contributed by atoms with E-state index in [-0.39, 0.29) is 46.7 Å². The first-order chi connectivity index (χ1) is 11.8. The van der Waals surface area contributed by atoms with Gasteiger partial charge in [0.15, 0.2) is 0 Å². The number of ether oxygens (including phenoxy) is 1. The Labute approximate surface area is 197 Å². The summed E-state index contributed by atoms with van der Waals surface area (Å²) in [5, 5.41) is 0. The zero-order chi connectivity index (χ0) is 20.0. The van der Waals surface area contributed by atoms with Crippen LogP contribution in [0.3, 0.4) is 0 Å². The van der Waals surface area contributed by atoms with Gasteiger partial charge in [0.25, 0.3) is 0 Å². The van der Waals surface area contributed by atoms with Crippen molar-refractivity contribution in [2.75, 3.05) is 6.61 Å². The minimum atomic E-state index is -0.306. The van der Waals surface area contributed by atoms with Gasteiger partial charge in [0.05, 0.1) is 0 Å². The van der Waals surface area contributed by atoms with Crippen LogP contribution in [0.25, 0.3) is 0 Å². The SMILES string of the molecule is CCOC1(C(C)(C)C2=[C]([Ti+2])CC=C2)CC=C(C(C)(C)C)C=C1C(C)(C)C.[Cl-].[Cl-]. The van der Waals surface area contributed by atoms with Crippen molar-refractivity contribution in [3.05, 3.63) is 44.9 Å². The molecule has 28 heavy (non-hydrogen) atoms. The average molecular weight is 460 g/mol. The fourth-order valence-electron chi connectivity index (χ4n) is 4.50. The second-order valence-corrected chi connectivity index (χ2v) is 11.2. The largest absolute Gasteiger partial charge is 1.00 e. The van der Waals surface area contributed by atoms with Gasteiger partial charge in [0.1, 0.15) is 0 Å². The fourth-order valence-corrected chi connectivity index (χ4v) is 5.31. The summed E-state index contributed by atoms with van der Waals surface area (Å²) in [4.78, 5) is 0. The van der Waals surface area contributed by atoms with Crippen LogP contribution in [0.5, 0.6) is 0 Å². The van der Waals surface area contributed by atoms with Gasteiger partial charge >= 0.3 is 174 Å². The number of allylic oxidation sites excluding steroid dienone is 5. The molecule has 0 saturated carbocycles. The summed E-state index contributed by atoms with van der Waals surface area (Å²) in [6, 6.07) is 0. The van der Waals surface area contributed by atoms with Gasteiger partial charge in [-0.1, -0.05) is 0 Å². The van der Waals surface area contributed by atoms with E-state index in [2.05, 4.69) is 107 Å².